The third-order valence-corrected chi connectivity index (χ3v) is 8.47. The summed E-state index contributed by atoms with van der Waals surface area (Å²) in [6.07, 6.45) is 1.37. The van der Waals surface area contributed by atoms with Gasteiger partial charge in [-0.2, -0.15) is 4.31 Å². The number of ether oxygens (including phenoxy) is 1. The van der Waals surface area contributed by atoms with E-state index in [9.17, 15) is 13.2 Å². The standard InChI is InChI=1S/C22H24N2O4S2/c25-22(19-7-3-12-24(16-19)30(26,27)21-8-4-14-29-21)23-11-13-28-20-10-9-17-5-1-2-6-18(17)15-20/h1-2,4-6,8-10,14-15,19H,3,7,11-13,16H2,(H,23,25)/t19-/m1/s1. The number of carbonyl (C=O) groups is 1. The summed E-state index contributed by atoms with van der Waals surface area (Å²) >= 11 is 1.20. The smallest absolute Gasteiger partial charge is 0.252 e. The van der Waals surface area contributed by atoms with Gasteiger partial charge in [0.1, 0.15) is 16.6 Å². The Morgan fingerprint density at radius 3 is 2.77 bits per heavy atom. The highest BCUT2D eigenvalue weighted by Gasteiger charge is 2.33. The first kappa shape index (κ1) is 20.8. The van der Waals surface area contributed by atoms with Crippen molar-refractivity contribution in [1.82, 2.24) is 9.62 Å². The van der Waals surface area contributed by atoms with E-state index in [4.69, 9.17) is 4.74 Å². The molecular formula is C22H24N2O4S2. The Balaban J connectivity index is 1.27. The number of fused-ring (bicyclic) bond motifs is 1. The summed E-state index contributed by atoms with van der Waals surface area (Å²) in [5.74, 6) is 0.297. The topological polar surface area (TPSA) is 75.7 Å². The van der Waals surface area contributed by atoms with E-state index in [0.29, 0.717) is 36.7 Å². The first-order chi connectivity index (χ1) is 14.5. The highest BCUT2D eigenvalue weighted by Crippen LogP contribution is 2.26. The third-order valence-electron chi connectivity index (χ3n) is 5.24. The van der Waals surface area contributed by atoms with Crippen LogP contribution in [-0.2, 0) is 14.8 Å². The minimum atomic E-state index is -3.52. The maximum Gasteiger partial charge on any atom is 0.252 e. The van der Waals surface area contributed by atoms with Crippen LogP contribution in [0.5, 0.6) is 5.75 Å². The van der Waals surface area contributed by atoms with Gasteiger partial charge in [0, 0.05) is 13.1 Å². The van der Waals surface area contributed by atoms with E-state index in [2.05, 4.69) is 5.32 Å². The maximum absolute atomic E-state index is 12.7. The van der Waals surface area contributed by atoms with E-state index >= 15 is 0 Å². The van der Waals surface area contributed by atoms with Gasteiger partial charge < -0.3 is 10.1 Å². The predicted octanol–water partition coefficient (Wildman–Crippen LogP) is 3.50. The number of hydrogen-bond donors (Lipinski definition) is 1. The molecule has 0 unspecified atom stereocenters. The van der Waals surface area contributed by atoms with Crippen molar-refractivity contribution < 1.29 is 17.9 Å². The van der Waals surface area contributed by atoms with Crippen LogP contribution in [0.4, 0.5) is 0 Å². The van der Waals surface area contributed by atoms with Crippen LogP contribution in [0.15, 0.2) is 64.2 Å². The van der Waals surface area contributed by atoms with Crippen molar-refractivity contribution in [2.24, 2.45) is 5.92 Å². The molecule has 8 heteroatoms. The van der Waals surface area contributed by atoms with Crippen LogP contribution in [0.3, 0.4) is 0 Å². The fraction of sp³-hybridized carbons (Fsp3) is 0.318. The lowest BCUT2D eigenvalue weighted by atomic mass is 9.99. The molecule has 1 atom stereocenters. The van der Waals surface area contributed by atoms with E-state index < -0.39 is 10.0 Å². The predicted molar refractivity (Wildman–Crippen MR) is 118 cm³/mol. The first-order valence-corrected chi connectivity index (χ1v) is 12.3. The number of carbonyl (C=O) groups excluding carboxylic acids is 1. The third kappa shape index (κ3) is 4.66. The van der Waals surface area contributed by atoms with Crippen molar-refractivity contribution in [3.63, 3.8) is 0 Å². The Morgan fingerprint density at radius 1 is 1.13 bits per heavy atom. The second kappa shape index (κ2) is 9.16. The van der Waals surface area contributed by atoms with Crippen molar-refractivity contribution in [3.8, 4) is 5.75 Å². The number of thiophene rings is 1. The molecule has 1 fully saturated rings. The molecule has 6 nitrogen and oxygen atoms in total. The molecule has 2 aromatic carbocycles. The molecule has 2 heterocycles. The number of sulfonamides is 1. The van der Waals surface area contributed by atoms with E-state index in [1.165, 1.54) is 15.6 Å². The van der Waals surface area contributed by atoms with Gasteiger partial charge in [-0.1, -0.05) is 36.4 Å². The van der Waals surface area contributed by atoms with Gasteiger partial charge in [0.25, 0.3) is 10.0 Å². The molecule has 1 aromatic heterocycles. The van der Waals surface area contributed by atoms with E-state index in [0.717, 1.165) is 16.5 Å². The maximum atomic E-state index is 12.7. The van der Waals surface area contributed by atoms with Crippen LogP contribution in [0.25, 0.3) is 10.8 Å². The number of piperidine rings is 1. The summed E-state index contributed by atoms with van der Waals surface area (Å²) in [4.78, 5) is 12.6. The van der Waals surface area contributed by atoms with Crippen LogP contribution in [0.1, 0.15) is 12.8 Å². The van der Waals surface area contributed by atoms with Crippen molar-refractivity contribution >= 4 is 38.0 Å². The molecular weight excluding hydrogens is 420 g/mol. The van der Waals surface area contributed by atoms with Crippen molar-refractivity contribution in [2.45, 2.75) is 17.1 Å². The summed E-state index contributed by atoms with van der Waals surface area (Å²) in [5.41, 5.74) is 0. The van der Waals surface area contributed by atoms with E-state index in [1.54, 1.807) is 17.5 Å². The number of hydrogen-bond acceptors (Lipinski definition) is 5. The summed E-state index contributed by atoms with van der Waals surface area (Å²) in [6, 6.07) is 17.3. The van der Waals surface area contributed by atoms with Crippen molar-refractivity contribution in [1.29, 1.82) is 0 Å². The minimum absolute atomic E-state index is 0.122. The molecule has 1 aliphatic heterocycles. The second-order valence-corrected chi connectivity index (χ2v) is 10.4. The molecule has 158 valence electrons. The molecule has 0 saturated carbocycles. The van der Waals surface area contributed by atoms with E-state index in [-0.39, 0.29) is 18.4 Å². The zero-order valence-electron chi connectivity index (χ0n) is 16.5. The Morgan fingerprint density at radius 2 is 1.97 bits per heavy atom. The molecule has 0 bridgehead atoms. The quantitative estimate of drug-likeness (QED) is 0.566. The van der Waals surface area contributed by atoms with Crippen LogP contribution in [0, 0.1) is 5.92 Å². The van der Waals surface area contributed by atoms with Gasteiger partial charge in [0.05, 0.1) is 12.5 Å². The summed E-state index contributed by atoms with van der Waals surface area (Å²) < 4.78 is 32.9. The fourth-order valence-corrected chi connectivity index (χ4v) is 6.33. The summed E-state index contributed by atoms with van der Waals surface area (Å²) in [5, 5.41) is 6.89. The van der Waals surface area contributed by atoms with Gasteiger partial charge in [-0.05, 0) is 47.2 Å². The van der Waals surface area contributed by atoms with Gasteiger partial charge in [-0.25, -0.2) is 8.42 Å². The Labute approximate surface area is 180 Å². The molecule has 30 heavy (non-hydrogen) atoms. The lowest BCUT2D eigenvalue weighted by Gasteiger charge is -2.30. The van der Waals surface area contributed by atoms with Crippen molar-refractivity contribution in [3.05, 3.63) is 60.0 Å². The normalized spacial score (nSPS) is 17.7. The molecule has 0 aliphatic carbocycles. The van der Waals surface area contributed by atoms with Crippen LogP contribution >= 0.6 is 11.3 Å². The fourth-order valence-electron chi connectivity index (χ4n) is 3.66. The highest BCUT2D eigenvalue weighted by atomic mass is 32.2. The SMILES string of the molecule is O=C(NCCOc1ccc2ccccc2c1)[C@@H]1CCCN(S(=O)(=O)c2cccs2)C1. The Hall–Kier alpha value is -2.42. The second-order valence-electron chi connectivity index (χ2n) is 7.28. The van der Waals surface area contributed by atoms with Crippen LogP contribution in [0.2, 0.25) is 0 Å². The van der Waals surface area contributed by atoms with Crippen LogP contribution in [-0.4, -0.2) is 44.9 Å². The molecule has 0 spiro atoms. The summed E-state index contributed by atoms with van der Waals surface area (Å²) in [6.45, 7) is 1.40. The average Bonchev–Trinajstić information content (AvgIpc) is 3.32. The largest absolute Gasteiger partial charge is 0.492 e. The Bertz CT molecular complexity index is 1110. The van der Waals surface area contributed by atoms with E-state index in [1.807, 2.05) is 42.5 Å². The average molecular weight is 445 g/mol. The van der Waals surface area contributed by atoms with Gasteiger partial charge in [0.2, 0.25) is 5.91 Å². The molecule has 1 N–H and O–H groups in total. The number of rotatable bonds is 7. The molecule has 0 radical (unpaired) electrons. The number of amides is 1. The van der Waals surface area contributed by atoms with Gasteiger partial charge in [-0.15, -0.1) is 11.3 Å². The first-order valence-electron chi connectivity index (χ1n) is 9.97. The molecule has 4 rings (SSSR count). The zero-order valence-corrected chi connectivity index (χ0v) is 18.1. The molecule has 1 saturated heterocycles. The lowest BCUT2D eigenvalue weighted by Crippen LogP contribution is -2.45. The molecule has 1 aliphatic rings. The van der Waals surface area contributed by atoms with Crippen LogP contribution < -0.4 is 10.1 Å². The number of benzene rings is 2. The highest BCUT2D eigenvalue weighted by molar-refractivity contribution is 7.91. The lowest BCUT2D eigenvalue weighted by molar-refractivity contribution is -0.126. The monoisotopic (exact) mass is 444 g/mol. The van der Waals surface area contributed by atoms with Crippen molar-refractivity contribution in [2.75, 3.05) is 26.2 Å². The molecule has 3 aromatic rings. The minimum Gasteiger partial charge on any atom is -0.492 e. The van der Waals surface area contributed by atoms with Gasteiger partial charge >= 0.3 is 0 Å². The Kier molecular flexibility index (Phi) is 6.36. The molecule has 1 amide bonds. The summed E-state index contributed by atoms with van der Waals surface area (Å²) in [7, 11) is -3.52. The van der Waals surface area contributed by atoms with Gasteiger partial charge in [-0.3, -0.25) is 4.79 Å². The number of nitrogens with zero attached hydrogens (tertiary/aromatic N) is 1. The zero-order chi connectivity index (χ0) is 21.0. The number of nitrogens with one attached hydrogen (secondary N) is 1. The van der Waals surface area contributed by atoms with Gasteiger partial charge in [0.15, 0.2) is 0 Å².